The third-order valence-corrected chi connectivity index (χ3v) is 6.27. The number of hydrogen-bond donors (Lipinski definition) is 2. The molecule has 2 amide bonds. The minimum absolute atomic E-state index is 0.0165. The summed E-state index contributed by atoms with van der Waals surface area (Å²) in [6.07, 6.45) is 2.57. The number of amides is 2. The highest BCUT2D eigenvalue weighted by molar-refractivity contribution is 6.31. The Kier molecular flexibility index (Phi) is 8.15. The average molecular weight is 479 g/mol. The number of carbonyl (C=O) groups excluding carboxylic acids is 3. The van der Waals surface area contributed by atoms with E-state index in [0.717, 1.165) is 19.3 Å². The van der Waals surface area contributed by atoms with E-state index in [9.17, 15) is 14.4 Å². The summed E-state index contributed by atoms with van der Waals surface area (Å²) in [6, 6.07) is 4.89. The lowest BCUT2D eigenvalue weighted by atomic mass is 9.84. The van der Waals surface area contributed by atoms with Crippen LogP contribution in [0.25, 0.3) is 0 Å². The summed E-state index contributed by atoms with van der Waals surface area (Å²) in [6.45, 7) is 5.99. The van der Waals surface area contributed by atoms with Gasteiger partial charge in [0.1, 0.15) is 0 Å². The highest BCUT2D eigenvalue weighted by Gasteiger charge is 2.46. The smallest absolute Gasteiger partial charge is 0.340 e. The number of benzene rings is 1. The number of esters is 1. The van der Waals surface area contributed by atoms with E-state index >= 15 is 0 Å². The summed E-state index contributed by atoms with van der Waals surface area (Å²) >= 11 is 6.36. The zero-order valence-corrected chi connectivity index (χ0v) is 20.0. The van der Waals surface area contributed by atoms with E-state index in [-0.39, 0.29) is 12.5 Å². The molecule has 2 aliphatic rings. The number of nitrogens with two attached hydrogens (primary N) is 1. The van der Waals surface area contributed by atoms with Gasteiger partial charge in [0, 0.05) is 27.4 Å². The summed E-state index contributed by atoms with van der Waals surface area (Å²) in [7, 11) is 0. The number of primary amides is 1. The molecule has 1 fully saturated rings. The first kappa shape index (κ1) is 25.2. The molecule has 1 aliphatic carbocycles. The van der Waals surface area contributed by atoms with Gasteiger partial charge in [0.25, 0.3) is 5.91 Å². The van der Waals surface area contributed by atoms with Crippen LogP contribution in [0.4, 0.5) is 5.69 Å². The lowest BCUT2D eigenvalue weighted by Gasteiger charge is -2.23. The monoisotopic (exact) mass is 478 g/mol. The molecule has 33 heavy (non-hydrogen) atoms. The molecule has 0 bridgehead atoms. The standard InChI is InChI=1S/C24H31ClN2O6/c1-4-5-10-31-23(30)24(3)13-32-22(33-24)18-12-15(7-9-19(18)25)27-21(29)16-8-6-14(2)11-17(16)20(26)28/h7,9,12,14,22H,4-6,8,10-11,13H2,1-3H3,(H2,26,28)(H,27,29). The van der Waals surface area contributed by atoms with Crippen LogP contribution >= 0.6 is 11.6 Å². The van der Waals surface area contributed by atoms with Crippen molar-refractivity contribution < 1.29 is 28.6 Å². The minimum Gasteiger partial charge on any atom is -0.463 e. The van der Waals surface area contributed by atoms with Crippen LogP contribution in [-0.2, 0) is 28.6 Å². The fourth-order valence-corrected chi connectivity index (χ4v) is 4.09. The predicted molar refractivity (Wildman–Crippen MR) is 123 cm³/mol. The molecule has 180 valence electrons. The van der Waals surface area contributed by atoms with Crippen molar-refractivity contribution in [2.75, 3.05) is 18.5 Å². The van der Waals surface area contributed by atoms with Gasteiger partial charge >= 0.3 is 5.97 Å². The number of carbonyl (C=O) groups is 3. The normalized spacial score (nSPS) is 25.1. The van der Waals surface area contributed by atoms with Crippen LogP contribution in [0.2, 0.25) is 5.02 Å². The number of hydrogen-bond acceptors (Lipinski definition) is 6. The van der Waals surface area contributed by atoms with E-state index in [4.69, 9.17) is 31.5 Å². The van der Waals surface area contributed by atoms with Crippen LogP contribution in [0.15, 0.2) is 29.3 Å². The fraction of sp³-hybridized carbons (Fsp3) is 0.542. The molecule has 1 aromatic carbocycles. The molecule has 3 rings (SSSR count). The lowest BCUT2D eigenvalue weighted by molar-refractivity contribution is -0.170. The lowest BCUT2D eigenvalue weighted by Crippen LogP contribution is -2.39. The van der Waals surface area contributed by atoms with Crippen molar-refractivity contribution in [2.24, 2.45) is 11.7 Å². The van der Waals surface area contributed by atoms with E-state index in [1.54, 1.807) is 25.1 Å². The molecule has 3 unspecified atom stereocenters. The van der Waals surface area contributed by atoms with Gasteiger partial charge in [0.05, 0.1) is 13.2 Å². The van der Waals surface area contributed by atoms with Crippen LogP contribution < -0.4 is 11.1 Å². The molecule has 0 spiro atoms. The van der Waals surface area contributed by atoms with Gasteiger partial charge in [0.15, 0.2) is 11.9 Å². The van der Waals surface area contributed by atoms with Gasteiger partial charge in [-0.2, -0.15) is 0 Å². The summed E-state index contributed by atoms with van der Waals surface area (Å²) in [5.74, 6) is -1.13. The van der Waals surface area contributed by atoms with Gasteiger partial charge in [-0.3, -0.25) is 9.59 Å². The van der Waals surface area contributed by atoms with Crippen molar-refractivity contribution in [1.29, 1.82) is 0 Å². The summed E-state index contributed by atoms with van der Waals surface area (Å²) in [5.41, 5.74) is 5.97. The molecule has 1 saturated heterocycles. The first-order chi connectivity index (χ1) is 15.6. The zero-order chi connectivity index (χ0) is 24.2. The Bertz CT molecular complexity index is 962. The van der Waals surface area contributed by atoms with Crippen molar-refractivity contribution in [3.63, 3.8) is 0 Å². The quantitative estimate of drug-likeness (QED) is 0.430. The van der Waals surface area contributed by atoms with Crippen molar-refractivity contribution >= 4 is 35.1 Å². The largest absolute Gasteiger partial charge is 0.463 e. The molecule has 8 nitrogen and oxygen atoms in total. The molecular formula is C24H31ClN2O6. The number of unbranched alkanes of at least 4 members (excludes halogenated alkanes) is 1. The fourth-order valence-electron chi connectivity index (χ4n) is 3.89. The van der Waals surface area contributed by atoms with Gasteiger partial charge < -0.3 is 25.3 Å². The second-order valence-electron chi connectivity index (χ2n) is 8.84. The number of nitrogens with one attached hydrogen (secondary N) is 1. The first-order valence-corrected chi connectivity index (χ1v) is 11.6. The van der Waals surface area contributed by atoms with Crippen molar-refractivity contribution in [3.05, 3.63) is 39.9 Å². The van der Waals surface area contributed by atoms with E-state index in [1.165, 1.54) is 0 Å². The maximum Gasteiger partial charge on any atom is 0.340 e. The van der Waals surface area contributed by atoms with Gasteiger partial charge in [-0.15, -0.1) is 0 Å². The van der Waals surface area contributed by atoms with Crippen molar-refractivity contribution in [1.82, 2.24) is 0 Å². The molecule has 1 heterocycles. The number of halogens is 1. The molecule has 3 atom stereocenters. The van der Waals surface area contributed by atoms with Crippen LogP contribution in [0.5, 0.6) is 0 Å². The molecular weight excluding hydrogens is 448 g/mol. The Morgan fingerprint density at radius 1 is 1.30 bits per heavy atom. The van der Waals surface area contributed by atoms with E-state index in [1.807, 2.05) is 13.8 Å². The molecule has 3 N–H and O–H groups in total. The molecule has 1 aliphatic heterocycles. The Labute approximate surface area is 198 Å². The summed E-state index contributed by atoms with van der Waals surface area (Å²) < 4.78 is 16.9. The van der Waals surface area contributed by atoms with Crippen molar-refractivity contribution in [2.45, 2.75) is 64.8 Å². The summed E-state index contributed by atoms with van der Waals surface area (Å²) in [4.78, 5) is 37.2. The Balaban J connectivity index is 1.74. The first-order valence-electron chi connectivity index (χ1n) is 11.2. The topological polar surface area (TPSA) is 117 Å². The second kappa shape index (κ2) is 10.7. The average Bonchev–Trinajstić information content (AvgIpc) is 3.18. The summed E-state index contributed by atoms with van der Waals surface area (Å²) in [5, 5.41) is 3.18. The van der Waals surface area contributed by atoms with E-state index < -0.39 is 23.8 Å². The SMILES string of the molecule is CCCCOC(=O)C1(C)COC(c2cc(NC(=O)C3=C(C(N)=O)CC(C)CC3)ccc2Cl)O1. The van der Waals surface area contributed by atoms with Gasteiger partial charge in [-0.1, -0.05) is 31.9 Å². The molecule has 1 aromatic rings. The molecule has 9 heteroatoms. The highest BCUT2D eigenvalue weighted by Crippen LogP contribution is 2.38. The van der Waals surface area contributed by atoms with Gasteiger partial charge in [-0.05, 0) is 56.7 Å². The molecule has 0 aromatic heterocycles. The van der Waals surface area contributed by atoms with E-state index in [2.05, 4.69) is 5.32 Å². The number of anilines is 1. The van der Waals surface area contributed by atoms with Crippen LogP contribution in [0.1, 0.15) is 64.7 Å². The molecule has 0 radical (unpaired) electrons. The van der Waals surface area contributed by atoms with E-state index in [0.29, 0.717) is 52.8 Å². The van der Waals surface area contributed by atoms with Gasteiger partial charge in [0.2, 0.25) is 5.91 Å². The van der Waals surface area contributed by atoms with Crippen LogP contribution in [-0.4, -0.2) is 36.6 Å². The molecule has 0 saturated carbocycles. The predicted octanol–water partition coefficient (Wildman–Crippen LogP) is 4.03. The van der Waals surface area contributed by atoms with Gasteiger partial charge in [-0.25, -0.2) is 4.79 Å². The zero-order valence-electron chi connectivity index (χ0n) is 19.2. The maximum atomic E-state index is 12.9. The minimum atomic E-state index is -1.25. The van der Waals surface area contributed by atoms with Crippen molar-refractivity contribution in [3.8, 4) is 0 Å². The van der Waals surface area contributed by atoms with Crippen LogP contribution in [0.3, 0.4) is 0 Å². The third-order valence-electron chi connectivity index (χ3n) is 5.92. The maximum absolute atomic E-state index is 12.9. The Hall–Kier alpha value is -2.42. The number of ether oxygens (including phenoxy) is 3. The number of rotatable bonds is 8. The highest BCUT2D eigenvalue weighted by atomic mass is 35.5. The Morgan fingerprint density at radius 2 is 2.06 bits per heavy atom. The second-order valence-corrected chi connectivity index (χ2v) is 9.25. The third kappa shape index (κ3) is 5.93. The Morgan fingerprint density at radius 3 is 2.76 bits per heavy atom. The van der Waals surface area contributed by atoms with Crippen LogP contribution in [0, 0.1) is 5.92 Å².